The standard InChI is InChI=1S/C16H27NOSi/c1-16(2,3)15(13-8-5-4-6-9-13)19-18-12-14-10-7-11-17-14/h4-6,8-9,14-15,17H,7,10-12,19H2,1-3H3. The normalized spacial score (nSPS) is 22.2. The van der Waals surface area contributed by atoms with E-state index in [2.05, 4.69) is 56.4 Å². The molecule has 0 saturated carbocycles. The van der Waals surface area contributed by atoms with Gasteiger partial charge in [-0.15, -0.1) is 0 Å². The van der Waals surface area contributed by atoms with E-state index in [1.807, 2.05) is 0 Å². The van der Waals surface area contributed by atoms with Gasteiger partial charge in [0.15, 0.2) is 9.76 Å². The van der Waals surface area contributed by atoms with E-state index in [-0.39, 0.29) is 5.41 Å². The van der Waals surface area contributed by atoms with Crippen molar-refractivity contribution < 1.29 is 4.43 Å². The molecule has 1 aliphatic rings. The first-order valence-electron chi connectivity index (χ1n) is 7.43. The minimum absolute atomic E-state index is 0.288. The average Bonchev–Trinajstić information content (AvgIpc) is 2.87. The largest absolute Gasteiger partial charge is 0.422 e. The lowest BCUT2D eigenvalue weighted by atomic mass is 9.87. The molecule has 1 aliphatic heterocycles. The third kappa shape index (κ3) is 4.44. The van der Waals surface area contributed by atoms with Crippen LogP contribution >= 0.6 is 0 Å². The Balaban J connectivity index is 1.91. The summed E-state index contributed by atoms with van der Waals surface area (Å²) in [6.07, 6.45) is 2.58. The first kappa shape index (κ1) is 14.8. The summed E-state index contributed by atoms with van der Waals surface area (Å²) in [6.45, 7) is 9.06. The molecule has 1 aromatic rings. The average molecular weight is 277 g/mol. The van der Waals surface area contributed by atoms with Crippen LogP contribution < -0.4 is 5.32 Å². The van der Waals surface area contributed by atoms with E-state index in [1.54, 1.807) is 0 Å². The minimum atomic E-state index is -0.551. The van der Waals surface area contributed by atoms with Crippen molar-refractivity contribution in [2.45, 2.75) is 45.2 Å². The maximum absolute atomic E-state index is 6.14. The Kier molecular flexibility index (Phi) is 5.19. The molecule has 0 radical (unpaired) electrons. The molecular weight excluding hydrogens is 250 g/mol. The fourth-order valence-electron chi connectivity index (χ4n) is 2.76. The second kappa shape index (κ2) is 6.68. The highest BCUT2D eigenvalue weighted by atomic mass is 28.2. The van der Waals surface area contributed by atoms with Gasteiger partial charge in [0.2, 0.25) is 0 Å². The van der Waals surface area contributed by atoms with Gasteiger partial charge in [-0.05, 0) is 30.4 Å². The van der Waals surface area contributed by atoms with Crippen molar-refractivity contribution in [1.29, 1.82) is 0 Å². The fraction of sp³-hybridized carbons (Fsp3) is 0.625. The number of benzene rings is 1. The van der Waals surface area contributed by atoms with Gasteiger partial charge >= 0.3 is 0 Å². The molecule has 19 heavy (non-hydrogen) atoms. The first-order valence-corrected chi connectivity index (χ1v) is 8.83. The van der Waals surface area contributed by atoms with Gasteiger partial charge in [0.1, 0.15) is 0 Å². The second-order valence-corrected chi connectivity index (χ2v) is 8.22. The van der Waals surface area contributed by atoms with E-state index in [0.29, 0.717) is 11.6 Å². The molecule has 0 amide bonds. The summed E-state index contributed by atoms with van der Waals surface area (Å²) < 4.78 is 6.14. The Morgan fingerprint density at radius 3 is 2.63 bits per heavy atom. The van der Waals surface area contributed by atoms with Crippen LogP contribution in [0, 0.1) is 5.41 Å². The Labute approximate surface area is 119 Å². The fourth-order valence-corrected chi connectivity index (χ4v) is 4.38. The van der Waals surface area contributed by atoms with Crippen molar-refractivity contribution in [3.05, 3.63) is 35.9 Å². The maximum Gasteiger partial charge on any atom is 0.169 e. The summed E-state index contributed by atoms with van der Waals surface area (Å²) in [4.78, 5) is 0. The van der Waals surface area contributed by atoms with Crippen molar-refractivity contribution in [2.24, 2.45) is 5.41 Å². The SMILES string of the molecule is CC(C)(C)C([SiH2]OCC1CCCN1)c1ccccc1. The van der Waals surface area contributed by atoms with Crippen LogP contribution in [0.4, 0.5) is 0 Å². The van der Waals surface area contributed by atoms with Crippen LogP contribution in [-0.4, -0.2) is 29.0 Å². The van der Waals surface area contributed by atoms with Crippen molar-refractivity contribution >= 4 is 9.76 Å². The number of hydrogen-bond donors (Lipinski definition) is 1. The summed E-state index contributed by atoms with van der Waals surface area (Å²) >= 11 is 0. The topological polar surface area (TPSA) is 21.3 Å². The molecule has 2 nitrogen and oxygen atoms in total. The zero-order valence-corrected chi connectivity index (χ0v) is 13.9. The van der Waals surface area contributed by atoms with Gasteiger partial charge in [-0.3, -0.25) is 0 Å². The van der Waals surface area contributed by atoms with Crippen molar-refractivity contribution in [1.82, 2.24) is 5.32 Å². The lowest BCUT2D eigenvalue weighted by Gasteiger charge is -2.31. The van der Waals surface area contributed by atoms with Gasteiger partial charge in [-0.1, -0.05) is 51.1 Å². The predicted octanol–water partition coefficient (Wildman–Crippen LogP) is 2.63. The molecule has 3 heteroatoms. The van der Waals surface area contributed by atoms with Crippen molar-refractivity contribution in [3.8, 4) is 0 Å². The molecule has 106 valence electrons. The molecule has 2 rings (SSSR count). The van der Waals surface area contributed by atoms with Crippen molar-refractivity contribution in [2.75, 3.05) is 13.2 Å². The minimum Gasteiger partial charge on any atom is -0.422 e. The Morgan fingerprint density at radius 2 is 2.05 bits per heavy atom. The number of nitrogens with one attached hydrogen (secondary N) is 1. The van der Waals surface area contributed by atoms with E-state index >= 15 is 0 Å². The number of rotatable bonds is 5. The van der Waals surface area contributed by atoms with Crippen LogP contribution in [-0.2, 0) is 4.43 Å². The molecule has 0 aliphatic carbocycles. The molecular formula is C16H27NOSi. The van der Waals surface area contributed by atoms with Gasteiger partial charge in [0.25, 0.3) is 0 Å². The third-order valence-corrected chi connectivity index (χ3v) is 6.51. The van der Waals surface area contributed by atoms with Gasteiger partial charge in [-0.2, -0.15) is 0 Å². The molecule has 1 N–H and O–H groups in total. The van der Waals surface area contributed by atoms with Gasteiger partial charge in [-0.25, -0.2) is 0 Å². The Morgan fingerprint density at radius 1 is 1.32 bits per heavy atom. The molecule has 2 unspecified atom stereocenters. The maximum atomic E-state index is 6.14. The highest BCUT2D eigenvalue weighted by molar-refractivity contribution is 6.30. The van der Waals surface area contributed by atoms with E-state index in [1.165, 1.54) is 18.4 Å². The van der Waals surface area contributed by atoms with Crippen LogP contribution in [0.15, 0.2) is 30.3 Å². The summed E-state index contributed by atoms with van der Waals surface area (Å²) in [7, 11) is -0.551. The van der Waals surface area contributed by atoms with E-state index in [9.17, 15) is 0 Å². The van der Waals surface area contributed by atoms with Crippen LogP contribution in [0.2, 0.25) is 0 Å². The Hall–Kier alpha value is -0.643. The zero-order chi connectivity index (χ0) is 13.7. The van der Waals surface area contributed by atoms with E-state index < -0.39 is 9.76 Å². The summed E-state index contributed by atoms with van der Waals surface area (Å²) in [5.74, 6) is 0. The monoisotopic (exact) mass is 277 g/mol. The molecule has 2 atom stereocenters. The molecule has 1 heterocycles. The summed E-state index contributed by atoms with van der Waals surface area (Å²) in [5, 5.41) is 3.51. The van der Waals surface area contributed by atoms with E-state index in [4.69, 9.17) is 4.43 Å². The van der Waals surface area contributed by atoms with Crippen LogP contribution in [0.1, 0.15) is 44.7 Å². The van der Waals surface area contributed by atoms with Crippen LogP contribution in [0.5, 0.6) is 0 Å². The first-order chi connectivity index (χ1) is 9.07. The lowest BCUT2D eigenvalue weighted by molar-refractivity contribution is 0.267. The summed E-state index contributed by atoms with van der Waals surface area (Å²) in [6, 6.07) is 11.5. The third-order valence-electron chi connectivity index (χ3n) is 4.01. The second-order valence-electron chi connectivity index (χ2n) is 6.66. The lowest BCUT2D eigenvalue weighted by Crippen LogP contribution is -2.31. The zero-order valence-electron chi connectivity index (χ0n) is 12.5. The predicted molar refractivity (Wildman–Crippen MR) is 84.2 cm³/mol. The quantitative estimate of drug-likeness (QED) is 0.836. The molecule has 0 spiro atoms. The van der Waals surface area contributed by atoms with Gasteiger partial charge < -0.3 is 9.74 Å². The molecule has 0 aromatic heterocycles. The molecule has 1 aromatic carbocycles. The van der Waals surface area contributed by atoms with Crippen LogP contribution in [0.25, 0.3) is 0 Å². The summed E-state index contributed by atoms with van der Waals surface area (Å²) in [5.41, 5.74) is 2.33. The highest BCUT2D eigenvalue weighted by Crippen LogP contribution is 2.34. The van der Waals surface area contributed by atoms with Crippen molar-refractivity contribution in [3.63, 3.8) is 0 Å². The molecule has 1 fully saturated rings. The molecule has 1 saturated heterocycles. The van der Waals surface area contributed by atoms with Gasteiger partial charge in [0.05, 0.1) is 0 Å². The highest BCUT2D eigenvalue weighted by Gasteiger charge is 2.27. The van der Waals surface area contributed by atoms with Gasteiger partial charge in [0, 0.05) is 18.2 Å². The van der Waals surface area contributed by atoms with E-state index in [0.717, 1.165) is 13.2 Å². The Bertz CT molecular complexity index is 368. The number of hydrogen-bond acceptors (Lipinski definition) is 2. The molecule has 0 bridgehead atoms. The smallest absolute Gasteiger partial charge is 0.169 e. The van der Waals surface area contributed by atoms with Crippen LogP contribution in [0.3, 0.4) is 0 Å².